The molecule has 2 amide bonds. The molecule has 2 heterocycles. The fourth-order valence-corrected chi connectivity index (χ4v) is 2.95. The molecule has 138 valence electrons. The maximum Gasteiger partial charge on any atom is 0.318 e. The van der Waals surface area contributed by atoms with E-state index < -0.39 is 0 Å². The van der Waals surface area contributed by atoms with E-state index in [2.05, 4.69) is 15.5 Å². The van der Waals surface area contributed by atoms with Crippen molar-refractivity contribution in [1.29, 1.82) is 0 Å². The molecule has 0 spiro atoms. The number of hydrogen-bond acceptors (Lipinski definition) is 6. The molecule has 1 aromatic carbocycles. The summed E-state index contributed by atoms with van der Waals surface area (Å²) in [5, 5.41) is 6.77. The van der Waals surface area contributed by atoms with E-state index in [1.807, 2.05) is 30.3 Å². The van der Waals surface area contributed by atoms with E-state index in [4.69, 9.17) is 9.26 Å². The van der Waals surface area contributed by atoms with Crippen LogP contribution in [0.2, 0.25) is 0 Å². The summed E-state index contributed by atoms with van der Waals surface area (Å²) in [6.45, 7) is 2.93. The van der Waals surface area contributed by atoms with Crippen molar-refractivity contribution in [1.82, 2.24) is 20.4 Å². The van der Waals surface area contributed by atoms with Gasteiger partial charge in [-0.25, -0.2) is 4.79 Å². The van der Waals surface area contributed by atoms with Crippen LogP contribution in [-0.4, -0.2) is 46.7 Å². The number of carbonyl (C=O) groups is 2. The van der Waals surface area contributed by atoms with Crippen molar-refractivity contribution in [2.75, 3.05) is 19.7 Å². The summed E-state index contributed by atoms with van der Waals surface area (Å²) in [4.78, 5) is 29.9. The number of hydrogen-bond donors (Lipinski definition) is 1. The second kappa shape index (κ2) is 8.46. The van der Waals surface area contributed by atoms with E-state index >= 15 is 0 Å². The second-order valence-electron chi connectivity index (χ2n) is 5.96. The molecule has 3 rings (SSSR count). The standard InChI is InChI=1S/C18H22N4O4/c1-2-25-15(23)10-11-19-18(24)22-12-6-9-14(22)17-20-16(21-26-17)13-7-4-3-5-8-13/h3-5,7-8,14H,2,6,9-12H2,1H3,(H,19,24)/t14-/m1/s1. The predicted octanol–water partition coefficient (Wildman–Crippen LogP) is 2.54. The van der Waals surface area contributed by atoms with Gasteiger partial charge < -0.3 is 19.5 Å². The van der Waals surface area contributed by atoms with Gasteiger partial charge in [0.05, 0.1) is 13.0 Å². The second-order valence-corrected chi connectivity index (χ2v) is 5.96. The smallest absolute Gasteiger partial charge is 0.318 e. The first kappa shape index (κ1) is 17.9. The van der Waals surface area contributed by atoms with E-state index in [1.165, 1.54) is 0 Å². The highest BCUT2D eigenvalue weighted by Gasteiger charge is 2.34. The Morgan fingerprint density at radius 3 is 2.92 bits per heavy atom. The SMILES string of the molecule is CCOC(=O)CCNC(=O)N1CCC[C@@H]1c1nc(-c2ccccc2)no1. The fraction of sp³-hybridized carbons (Fsp3) is 0.444. The number of amides is 2. The van der Waals surface area contributed by atoms with Crippen molar-refractivity contribution in [3.05, 3.63) is 36.2 Å². The third-order valence-electron chi connectivity index (χ3n) is 4.18. The van der Waals surface area contributed by atoms with Crippen LogP contribution in [0.25, 0.3) is 11.4 Å². The van der Waals surface area contributed by atoms with Crippen molar-refractivity contribution < 1.29 is 18.8 Å². The molecule has 1 atom stereocenters. The van der Waals surface area contributed by atoms with Gasteiger partial charge in [-0.1, -0.05) is 35.5 Å². The summed E-state index contributed by atoms with van der Waals surface area (Å²) in [5.41, 5.74) is 0.867. The Morgan fingerprint density at radius 2 is 2.15 bits per heavy atom. The zero-order valence-corrected chi connectivity index (χ0v) is 14.7. The van der Waals surface area contributed by atoms with Crippen LogP contribution in [0.4, 0.5) is 4.79 Å². The van der Waals surface area contributed by atoms with E-state index in [1.54, 1.807) is 11.8 Å². The number of esters is 1. The molecule has 1 fully saturated rings. The lowest BCUT2D eigenvalue weighted by molar-refractivity contribution is -0.142. The third kappa shape index (κ3) is 4.19. The Bertz CT molecular complexity index is 747. The molecule has 1 N–H and O–H groups in total. The summed E-state index contributed by atoms with van der Waals surface area (Å²) >= 11 is 0. The van der Waals surface area contributed by atoms with E-state index in [9.17, 15) is 9.59 Å². The number of likely N-dealkylation sites (tertiary alicyclic amines) is 1. The molecule has 2 aromatic rings. The molecule has 26 heavy (non-hydrogen) atoms. The summed E-state index contributed by atoms with van der Waals surface area (Å²) < 4.78 is 10.2. The number of carbonyl (C=O) groups excluding carboxylic acids is 2. The normalized spacial score (nSPS) is 16.5. The number of aromatic nitrogens is 2. The molecule has 1 aliphatic rings. The molecule has 1 saturated heterocycles. The minimum absolute atomic E-state index is 0.150. The number of ether oxygens (including phenoxy) is 1. The zero-order valence-electron chi connectivity index (χ0n) is 14.7. The van der Waals surface area contributed by atoms with Crippen LogP contribution >= 0.6 is 0 Å². The monoisotopic (exact) mass is 358 g/mol. The maximum absolute atomic E-state index is 12.4. The molecule has 0 unspecified atom stereocenters. The van der Waals surface area contributed by atoms with Gasteiger partial charge in [-0.05, 0) is 19.8 Å². The van der Waals surface area contributed by atoms with Crippen molar-refractivity contribution in [3.63, 3.8) is 0 Å². The van der Waals surface area contributed by atoms with Gasteiger partial charge in [0.1, 0.15) is 6.04 Å². The largest absolute Gasteiger partial charge is 0.466 e. The van der Waals surface area contributed by atoms with Crippen LogP contribution in [-0.2, 0) is 9.53 Å². The van der Waals surface area contributed by atoms with Crippen LogP contribution < -0.4 is 5.32 Å². The minimum atomic E-state index is -0.324. The van der Waals surface area contributed by atoms with E-state index in [-0.39, 0.29) is 31.0 Å². The van der Waals surface area contributed by atoms with Crippen LogP contribution in [0.15, 0.2) is 34.9 Å². The Morgan fingerprint density at radius 1 is 1.35 bits per heavy atom. The van der Waals surface area contributed by atoms with E-state index in [0.717, 1.165) is 18.4 Å². The Balaban J connectivity index is 1.60. The summed E-state index contributed by atoms with van der Waals surface area (Å²) in [5.74, 6) is 0.618. The molecule has 1 aliphatic heterocycles. The van der Waals surface area contributed by atoms with Crippen molar-refractivity contribution in [2.24, 2.45) is 0 Å². The third-order valence-corrected chi connectivity index (χ3v) is 4.18. The summed E-state index contributed by atoms with van der Waals surface area (Å²) in [7, 11) is 0. The fourth-order valence-electron chi connectivity index (χ4n) is 2.95. The van der Waals surface area contributed by atoms with Gasteiger partial charge in [0.15, 0.2) is 0 Å². The molecule has 1 aromatic heterocycles. The Labute approximate surface area is 151 Å². The molecular weight excluding hydrogens is 336 g/mol. The highest BCUT2D eigenvalue weighted by atomic mass is 16.5. The maximum atomic E-state index is 12.4. The Kier molecular flexibility index (Phi) is 5.83. The first-order valence-corrected chi connectivity index (χ1v) is 8.78. The molecular formula is C18H22N4O4. The lowest BCUT2D eigenvalue weighted by Gasteiger charge is -2.22. The average molecular weight is 358 g/mol. The lowest BCUT2D eigenvalue weighted by Crippen LogP contribution is -2.40. The number of rotatable bonds is 6. The lowest BCUT2D eigenvalue weighted by atomic mass is 10.2. The topological polar surface area (TPSA) is 97.6 Å². The number of nitrogens with zero attached hydrogens (tertiary/aromatic N) is 3. The van der Waals surface area contributed by atoms with Gasteiger partial charge in [-0.2, -0.15) is 4.98 Å². The van der Waals surface area contributed by atoms with Crippen molar-refractivity contribution in [2.45, 2.75) is 32.2 Å². The highest BCUT2D eigenvalue weighted by Crippen LogP contribution is 2.31. The zero-order chi connectivity index (χ0) is 18.4. The van der Waals surface area contributed by atoms with Crippen LogP contribution in [0.5, 0.6) is 0 Å². The first-order chi connectivity index (χ1) is 12.7. The number of benzene rings is 1. The first-order valence-electron chi connectivity index (χ1n) is 8.78. The van der Waals surface area contributed by atoms with Gasteiger partial charge in [0.25, 0.3) is 0 Å². The predicted molar refractivity (Wildman–Crippen MR) is 93.1 cm³/mol. The van der Waals surface area contributed by atoms with Gasteiger partial charge in [0.2, 0.25) is 11.7 Å². The quantitative estimate of drug-likeness (QED) is 0.797. The van der Waals surface area contributed by atoms with Crippen LogP contribution in [0.3, 0.4) is 0 Å². The number of urea groups is 1. The van der Waals surface area contributed by atoms with E-state index in [0.29, 0.717) is 24.9 Å². The van der Waals surface area contributed by atoms with Crippen LogP contribution in [0.1, 0.15) is 38.1 Å². The highest BCUT2D eigenvalue weighted by molar-refractivity contribution is 5.76. The van der Waals surface area contributed by atoms with Crippen molar-refractivity contribution in [3.8, 4) is 11.4 Å². The van der Waals surface area contributed by atoms with Gasteiger partial charge >= 0.3 is 12.0 Å². The average Bonchev–Trinajstić information content (AvgIpc) is 3.32. The molecule has 0 aliphatic carbocycles. The van der Waals surface area contributed by atoms with Gasteiger partial charge in [0, 0.05) is 18.7 Å². The Hall–Kier alpha value is -2.90. The van der Waals surface area contributed by atoms with Gasteiger partial charge in [-0.3, -0.25) is 4.79 Å². The van der Waals surface area contributed by atoms with Gasteiger partial charge in [-0.15, -0.1) is 0 Å². The summed E-state index contributed by atoms with van der Waals surface area (Å²) in [6, 6.07) is 9.06. The molecule has 8 nitrogen and oxygen atoms in total. The molecule has 0 bridgehead atoms. The minimum Gasteiger partial charge on any atom is -0.466 e. The van der Waals surface area contributed by atoms with Crippen LogP contribution in [0, 0.1) is 0 Å². The van der Waals surface area contributed by atoms with Crippen molar-refractivity contribution >= 4 is 12.0 Å². The number of nitrogens with one attached hydrogen (secondary N) is 1. The molecule has 8 heteroatoms. The summed E-state index contributed by atoms with van der Waals surface area (Å²) in [6.07, 6.45) is 1.78. The molecule has 0 saturated carbocycles. The molecule has 0 radical (unpaired) electrons.